The first-order valence-corrected chi connectivity index (χ1v) is 43.7. The number of unbranched alkanes of at least 4 members (excludes halogenated alkanes) is 16. The van der Waals surface area contributed by atoms with E-state index in [9.17, 15) is 43.2 Å². The van der Waals surface area contributed by atoms with Gasteiger partial charge in [-0.15, -0.1) is 0 Å². The number of allylic oxidation sites excluding steroid dienone is 32. The van der Waals surface area contributed by atoms with Crippen LogP contribution in [0.5, 0.6) is 0 Å². The van der Waals surface area contributed by atoms with Crippen molar-refractivity contribution in [3.8, 4) is 0 Å². The van der Waals surface area contributed by atoms with Crippen LogP contribution in [-0.2, 0) is 65.4 Å². The Morgan fingerprint density at radius 2 is 0.509 bits per heavy atom. The topological polar surface area (TPSA) is 237 Å². The van der Waals surface area contributed by atoms with Crippen molar-refractivity contribution >= 4 is 39.5 Å². The molecule has 0 fully saturated rings. The fourth-order valence-electron chi connectivity index (χ4n) is 10.0. The molecule has 0 aliphatic heterocycles. The van der Waals surface area contributed by atoms with E-state index >= 15 is 0 Å². The summed E-state index contributed by atoms with van der Waals surface area (Å²) < 4.78 is 68.5. The number of esters is 4. The standard InChI is InChI=1S/C89H142O17P2/c1-5-9-13-17-21-25-29-33-36-39-41-44-47-51-54-58-62-66-70-74-87(92)100-80-85(106-89(94)76-72-68-64-60-56-52-48-45-42-40-37-34-30-26-22-18-14-10-6-2)82-104-108(97,98)102-78-83(90)77-101-107(95,96)103-81-84(105-88(93)75-71-67-63-59-55-49-32-28-24-20-16-12-8-4)79-99-86(91)73-69-65-61-57-53-50-46-43-38-35-31-27-23-19-15-11-7-3/h9-11,13-15,21-23,25-27,33-38,41-42,44-46,50-52,54,56-57,61-62,66,83-85,90H,5-8,12,16-20,24,28-32,39-40,43,47-49,53,55,58-60,63-65,67-82H2,1-4H3,(H,95,96)(H,97,98)/b13-9-,14-10-,15-11-,25-21-,26-22-,27-23-,36-33-,37-34-,38-35-,44-41-,45-42-,50-46-,54-51-,56-52-,61-57-,66-62-. The van der Waals surface area contributed by atoms with E-state index in [1.165, 1.54) is 51.4 Å². The van der Waals surface area contributed by atoms with Crippen molar-refractivity contribution in [3.05, 3.63) is 194 Å². The number of ether oxygens (including phenoxy) is 4. The summed E-state index contributed by atoms with van der Waals surface area (Å²) in [7, 11) is -10.0. The SMILES string of the molecule is CC/C=C\C/C=C\C/C=C\C/C=C\C/C=C\C/C=C\CCC(=O)OCC(COP(=O)(O)OCC(O)COP(=O)(O)OCC(COC(=O)CCC/C=C\C/C=C\C/C=C\C/C=C\C/C=C\CC)OC(=O)CCCCCCCCCCCCCCC)OC(=O)CCCCC/C=C\C/C=C\C/C=C\C/C=C\C/C=C\CC. The number of hydrogen-bond donors (Lipinski definition) is 3. The van der Waals surface area contributed by atoms with Gasteiger partial charge in [0.1, 0.15) is 19.3 Å². The molecule has 5 unspecified atom stereocenters. The number of phosphoric acid groups is 2. The lowest BCUT2D eigenvalue weighted by atomic mass is 10.0. The predicted octanol–water partition coefficient (Wildman–Crippen LogP) is 24.1. The highest BCUT2D eigenvalue weighted by molar-refractivity contribution is 7.47. The number of aliphatic hydroxyl groups excluding tert-OH is 1. The minimum atomic E-state index is -5.02. The zero-order valence-corrected chi connectivity index (χ0v) is 68.5. The lowest BCUT2D eigenvalue weighted by Gasteiger charge is -2.21. The van der Waals surface area contributed by atoms with E-state index in [4.69, 9.17) is 37.0 Å². The van der Waals surface area contributed by atoms with Gasteiger partial charge in [-0.2, -0.15) is 0 Å². The molecule has 5 atom stereocenters. The van der Waals surface area contributed by atoms with E-state index in [1.807, 2.05) is 30.4 Å². The average molecular weight is 1550 g/mol. The number of phosphoric ester groups is 2. The Kier molecular flexibility index (Phi) is 74.5. The van der Waals surface area contributed by atoms with Crippen molar-refractivity contribution in [1.82, 2.24) is 0 Å². The fourth-order valence-corrected chi connectivity index (χ4v) is 11.6. The molecule has 0 heterocycles. The van der Waals surface area contributed by atoms with Crippen molar-refractivity contribution in [2.45, 2.75) is 303 Å². The predicted molar refractivity (Wildman–Crippen MR) is 445 cm³/mol. The van der Waals surface area contributed by atoms with Crippen LogP contribution in [0.1, 0.15) is 285 Å². The zero-order valence-electron chi connectivity index (χ0n) is 66.7. The van der Waals surface area contributed by atoms with Crippen molar-refractivity contribution in [1.29, 1.82) is 0 Å². The molecule has 19 heteroatoms. The first-order valence-electron chi connectivity index (χ1n) is 40.7. The van der Waals surface area contributed by atoms with Gasteiger partial charge in [0.2, 0.25) is 0 Å². The second-order valence-electron chi connectivity index (χ2n) is 26.2. The molecular weight excluding hydrogens is 1400 g/mol. The first-order chi connectivity index (χ1) is 52.7. The van der Waals surface area contributed by atoms with Crippen LogP contribution in [0, 0.1) is 0 Å². The van der Waals surface area contributed by atoms with Gasteiger partial charge in [0.05, 0.1) is 26.4 Å². The molecule has 0 aromatic rings. The van der Waals surface area contributed by atoms with Gasteiger partial charge in [0.15, 0.2) is 12.2 Å². The van der Waals surface area contributed by atoms with Gasteiger partial charge in [-0.1, -0.05) is 306 Å². The lowest BCUT2D eigenvalue weighted by molar-refractivity contribution is -0.161. The third kappa shape index (κ3) is 78.0. The Morgan fingerprint density at radius 3 is 0.824 bits per heavy atom. The van der Waals surface area contributed by atoms with Crippen LogP contribution in [0.25, 0.3) is 0 Å². The van der Waals surface area contributed by atoms with Crippen LogP contribution in [0.2, 0.25) is 0 Å². The maximum absolute atomic E-state index is 13.1. The molecule has 0 aromatic carbocycles. The summed E-state index contributed by atoms with van der Waals surface area (Å²) in [4.78, 5) is 73.1. The molecule has 0 aliphatic carbocycles. The third-order valence-electron chi connectivity index (χ3n) is 16.1. The summed E-state index contributed by atoms with van der Waals surface area (Å²) >= 11 is 0. The van der Waals surface area contributed by atoms with Crippen molar-refractivity contribution in [3.63, 3.8) is 0 Å². The number of rotatable bonds is 74. The highest BCUT2D eigenvalue weighted by atomic mass is 31.2. The zero-order chi connectivity index (χ0) is 78.9. The van der Waals surface area contributed by atoms with Crippen molar-refractivity contribution < 1.29 is 80.2 Å². The van der Waals surface area contributed by atoms with Crippen LogP contribution in [0.3, 0.4) is 0 Å². The Hall–Kier alpha value is -6.10. The summed E-state index contributed by atoms with van der Waals surface area (Å²) in [5.41, 5.74) is 0. The minimum Gasteiger partial charge on any atom is -0.462 e. The molecule has 0 radical (unpaired) electrons. The van der Waals surface area contributed by atoms with E-state index in [0.29, 0.717) is 38.5 Å². The molecule has 0 bridgehead atoms. The molecule has 610 valence electrons. The number of carbonyl (C=O) groups excluding carboxylic acids is 4. The smallest absolute Gasteiger partial charge is 0.462 e. The second-order valence-corrected chi connectivity index (χ2v) is 29.1. The Bertz CT molecular complexity index is 2810. The molecule has 0 aromatic heterocycles. The van der Waals surface area contributed by atoms with Gasteiger partial charge in [-0.25, -0.2) is 9.13 Å². The van der Waals surface area contributed by atoms with Gasteiger partial charge in [-0.3, -0.25) is 37.3 Å². The van der Waals surface area contributed by atoms with Gasteiger partial charge >= 0.3 is 39.5 Å². The van der Waals surface area contributed by atoms with E-state index < -0.39 is 97.5 Å². The molecule has 0 aliphatic rings. The number of hydrogen-bond acceptors (Lipinski definition) is 15. The number of carbonyl (C=O) groups is 4. The fraction of sp³-hybridized carbons (Fsp3) is 0.596. The highest BCUT2D eigenvalue weighted by Gasteiger charge is 2.30. The van der Waals surface area contributed by atoms with Crippen molar-refractivity contribution in [2.24, 2.45) is 0 Å². The maximum atomic E-state index is 13.1. The van der Waals surface area contributed by atoms with E-state index in [0.717, 1.165) is 141 Å². The Balaban J connectivity index is 5.53. The lowest BCUT2D eigenvalue weighted by Crippen LogP contribution is -2.30. The van der Waals surface area contributed by atoms with Gasteiger partial charge in [0, 0.05) is 25.7 Å². The van der Waals surface area contributed by atoms with Gasteiger partial charge in [0.25, 0.3) is 0 Å². The summed E-state index contributed by atoms with van der Waals surface area (Å²) in [6, 6.07) is 0. The monoisotopic (exact) mass is 1540 g/mol. The van der Waals surface area contributed by atoms with Crippen LogP contribution in [0.15, 0.2) is 194 Å². The second kappa shape index (κ2) is 79.0. The van der Waals surface area contributed by atoms with Crippen LogP contribution in [-0.4, -0.2) is 96.7 Å². The first kappa shape index (κ1) is 102. The maximum Gasteiger partial charge on any atom is 0.472 e. The summed E-state index contributed by atoms with van der Waals surface area (Å²) in [6.45, 7) is 4.33. The molecular formula is C89H142O17P2. The largest absolute Gasteiger partial charge is 0.472 e. The average Bonchev–Trinajstić information content (AvgIpc) is 0.892. The van der Waals surface area contributed by atoms with Gasteiger partial charge in [-0.05, 0) is 148 Å². The summed E-state index contributed by atoms with van der Waals surface area (Å²) in [5, 5.41) is 10.7. The van der Waals surface area contributed by atoms with Crippen molar-refractivity contribution in [2.75, 3.05) is 39.6 Å². The van der Waals surface area contributed by atoms with E-state index in [1.54, 1.807) is 0 Å². The summed E-state index contributed by atoms with van der Waals surface area (Å²) in [6.07, 6.45) is 97.2. The number of aliphatic hydroxyl groups is 1. The molecule has 0 saturated heterocycles. The molecule has 17 nitrogen and oxygen atoms in total. The normalized spacial score (nSPS) is 14.8. The molecule has 0 spiro atoms. The molecule has 0 saturated carbocycles. The summed E-state index contributed by atoms with van der Waals surface area (Å²) in [5.74, 6) is -2.39. The Morgan fingerprint density at radius 1 is 0.269 bits per heavy atom. The third-order valence-corrected chi connectivity index (χ3v) is 18.0. The van der Waals surface area contributed by atoms with Crippen LogP contribution in [0.4, 0.5) is 0 Å². The van der Waals surface area contributed by atoms with Crippen LogP contribution >= 0.6 is 15.6 Å². The van der Waals surface area contributed by atoms with Crippen LogP contribution < -0.4 is 0 Å². The minimum absolute atomic E-state index is 0.0197. The van der Waals surface area contributed by atoms with E-state index in [-0.39, 0.29) is 25.7 Å². The quantitative estimate of drug-likeness (QED) is 0.0169. The Labute approximate surface area is 653 Å². The van der Waals surface area contributed by atoms with E-state index in [2.05, 4.69) is 192 Å². The highest BCUT2D eigenvalue weighted by Crippen LogP contribution is 2.45. The molecule has 108 heavy (non-hydrogen) atoms. The van der Waals surface area contributed by atoms with Gasteiger partial charge < -0.3 is 33.8 Å². The molecule has 0 amide bonds. The molecule has 0 rings (SSSR count). The molecule has 3 N–H and O–H groups in total.